The fourth-order valence-corrected chi connectivity index (χ4v) is 1.80. The normalized spacial score (nSPS) is 11.2. The lowest BCUT2D eigenvalue weighted by molar-refractivity contribution is 0.119. The van der Waals surface area contributed by atoms with Gasteiger partial charge in [-0.15, -0.1) is 0 Å². The maximum Gasteiger partial charge on any atom is 0.0593 e. The molecule has 0 fully saturated rings. The number of ether oxygens (including phenoxy) is 1. The van der Waals surface area contributed by atoms with Crippen molar-refractivity contribution in [2.75, 3.05) is 40.4 Å². The largest absolute Gasteiger partial charge is 0.379 e. The molecule has 1 N–H and O–H groups in total. The Bertz CT molecular complexity index is 356. The molecule has 0 aliphatic rings. The third kappa shape index (κ3) is 6.36. The molecule has 0 aliphatic heterocycles. The lowest BCUT2D eigenvalue weighted by Crippen LogP contribution is -2.23. The van der Waals surface area contributed by atoms with Crippen LogP contribution in [-0.2, 0) is 11.3 Å². The van der Waals surface area contributed by atoms with Gasteiger partial charge in [-0.3, -0.25) is 0 Å². The van der Waals surface area contributed by atoms with Crippen molar-refractivity contribution in [1.82, 2.24) is 10.2 Å². The molecule has 0 amide bonds. The van der Waals surface area contributed by atoms with E-state index < -0.39 is 0 Å². The molecule has 18 heavy (non-hydrogen) atoms. The van der Waals surface area contributed by atoms with Gasteiger partial charge in [-0.1, -0.05) is 17.7 Å². The van der Waals surface area contributed by atoms with Crippen molar-refractivity contribution >= 4 is 11.6 Å². The van der Waals surface area contributed by atoms with Gasteiger partial charge in [0.25, 0.3) is 0 Å². The van der Waals surface area contributed by atoms with Crippen LogP contribution in [0.3, 0.4) is 0 Å². The van der Waals surface area contributed by atoms with Crippen molar-refractivity contribution < 1.29 is 4.74 Å². The molecule has 0 bridgehead atoms. The van der Waals surface area contributed by atoms with Crippen LogP contribution >= 0.6 is 11.6 Å². The van der Waals surface area contributed by atoms with Gasteiger partial charge in [0, 0.05) is 24.7 Å². The van der Waals surface area contributed by atoms with E-state index in [-0.39, 0.29) is 0 Å². The summed E-state index contributed by atoms with van der Waals surface area (Å²) in [5, 5.41) is 4.16. The summed E-state index contributed by atoms with van der Waals surface area (Å²) in [7, 11) is 4.09. The first-order valence-electron chi connectivity index (χ1n) is 6.28. The number of halogens is 1. The van der Waals surface area contributed by atoms with Crippen LogP contribution in [0.1, 0.15) is 11.1 Å². The molecule has 0 spiro atoms. The Hall–Kier alpha value is -0.610. The van der Waals surface area contributed by atoms with Gasteiger partial charge in [-0.2, -0.15) is 0 Å². The van der Waals surface area contributed by atoms with Crippen LogP contribution < -0.4 is 5.32 Å². The second-order valence-electron chi connectivity index (χ2n) is 4.66. The molecule has 4 heteroatoms. The zero-order valence-corrected chi connectivity index (χ0v) is 12.3. The minimum absolute atomic E-state index is 0.750. The summed E-state index contributed by atoms with van der Waals surface area (Å²) in [6.45, 7) is 6.32. The Morgan fingerprint density at radius 2 is 2.06 bits per heavy atom. The number of nitrogens with one attached hydrogen (secondary N) is 1. The third-order valence-electron chi connectivity index (χ3n) is 2.73. The van der Waals surface area contributed by atoms with Crippen molar-refractivity contribution in [3.63, 3.8) is 0 Å². The number of benzene rings is 1. The number of aryl methyl sites for hydroxylation is 1. The van der Waals surface area contributed by atoms with E-state index in [1.165, 1.54) is 11.1 Å². The lowest BCUT2D eigenvalue weighted by Gasteiger charge is -2.11. The van der Waals surface area contributed by atoms with E-state index in [0.717, 1.165) is 37.9 Å². The van der Waals surface area contributed by atoms with Crippen LogP contribution in [0.2, 0.25) is 5.02 Å². The van der Waals surface area contributed by atoms with Crippen LogP contribution in [0, 0.1) is 6.92 Å². The Morgan fingerprint density at radius 1 is 1.28 bits per heavy atom. The molecule has 1 rings (SSSR count). The van der Waals surface area contributed by atoms with E-state index in [1.54, 1.807) is 0 Å². The van der Waals surface area contributed by atoms with E-state index in [4.69, 9.17) is 16.3 Å². The van der Waals surface area contributed by atoms with Crippen molar-refractivity contribution in [2.45, 2.75) is 13.5 Å². The highest BCUT2D eigenvalue weighted by Gasteiger charge is 1.98. The van der Waals surface area contributed by atoms with Gasteiger partial charge in [-0.25, -0.2) is 0 Å². The van der Waals surface area contributed by atoms with Crippen LogP contribution in [0.4, 0.5) is 0 Å². The second kappa shape index (κ2) is 8.48. The second-order valence-corrected chi connectivity index (χ2v) is 5.10. The first-order valence-corrected chi connectivity index (χ1v) is 6.65. The first-order chi connectivity index (χ1) is 8.59. The summed E-state index contributed by atoms with van der Waals surface area (Å²) >= 11 is 5.92. The minimum Gasteiger partial charge on any atom is -0.379 e. The van der Waals surface area contributed by atoms with Crippen LogP contribution in [0.5, 0.6) is 0 Å². The smallest absolute Gasteiger partial charge is 0.0593 e. The van der Waals surface area contributed by atoms with Gasteiger partial charge in [0.15, 0.2) is 0 Å². The Kier molecular flexibility index (Phi) is 7.28. The molecule has 0 saturated heterocycles. The molecule has 102 valence electrons. The van der Waals surface area contributed by atoms with Crippen LogP contribution in [0.15, 0.2) is 18.2 Å². The Labute approximate surface area is 115 Å². The Morgan fingerprint density at radius 3 is 2.72 bits per heavy atom. The van der Waals surface area contributed by atoms with Gasteiger partial charge < -0.3 is 15.0 Å². The van der Waals surface area contributed by atoms with Crippen LogP contribution in [-0.4, -0.2) is 45.3 Å². The zero-order chi connectivity index (χ0) is 13.4. The average Bonchev–Trinajstić information content (AvgIpc) is 2.30. The molecular weight excluding hydrogens is 248 g/mol. The van der Waals surface area contributed by atoms with Crippen molar-refractivity contribution in [1.29, 1.82) is 0 Å². The summed E-state index contributed by atoms with van der Waals surface area (Å²) in [5.41, 5.74) is 2.51. The van der Waals surface area contributed by atoms with E-state index in [9.17, 15) is 0 Å². The first kappa shape index (κ1) is 15.4. The topological polar surface area (TPSA) is 24.5 Å². The zero-order valence-electron chi connectivity index (χ0n) is 11.5. The van der Waals surface area contributed by atoms with Crippen LogP contribution in [0.25, 0.3) is 0 Å². The quantitative estimate of drug-likeness (QED) is 0.734. The Balaban J connectivity index is 2.11. The van der Waals surface area contributed by atoms with E-state index in [1.807, 2.05) is 26.2 Å². The minimum atomic E-state index is 0.750. The summed E-state index contributed by atoms with van der Waals surface area (Å²) in [4.78, 5) is 2.12. The van der Waals surface area contributed by atoms with Gasteiger partial charge in [-0.05, 0) is 44.3 Å². The molecule has 3 nitrogen and oxygen atoms in total. The maximum absolute atomic E-state index is 5.92. The summed E-state index contributed by atoms with van der Waals surface area (Å²) in [6, 6.07) is 5.99. The van der Waals surface area contributed by atoms with Gasteiger partial charge in [0.2, 0.25) is 0 Å². The predicted octanol–water partition coefficient (Wildman–Crippen LogP) is 2.32. The standard InChI is InChI=1S/C14H23ClN2O/c1-12-10-14(15)5-4-13(12)11-16-6-8-18-9-7-17(2)3/h4-5,10,16H,6-9,11H2,1-3H3. The summed E-state index contributed by atoms with van der Waals surface area (Å²) in [6.07, 6.45) is 0. The number of hydrogen-bond donors (Lipinski definition) is 1. The number of nitrogens with zero attached hydrogens (tertiary/aromatic N) is 1. The third-order valence-corrected chi connectivity index (χ3v) is 2.96. The van der Waals surface area contributed by atoms with Gasteiger partial charge in [0.1, 0.15) is 0 Å². The number of rotatable bonds is 8. The van der Waals surface area contributed by atoms with E-state index in [0.29, 0.717) is 0 Å². The molecule has 0 atom stereocenters. The van der Waals surface area contributed by atoms with E-state index in [2.05, 4.69) is 23.2 Å². The van der Waals surface area contributed by atoms with Crippen molar-refractivity contribution in [3.05, 3.63) is 34.3 Å². The summed E-state index contributed by atoms with van der Waals surface area (Å²) in [5.74, 6) is 0. The molecule has 0 heterocycles. The van der Waals surface area contributed by atoms with Gasteiger partial charge >= 0.3 is 0 Å². The molecule has 1 aromatic rings. The highest BCUT2D eigenvalue weighted by molar-refractivity contribution is 6.30. The SMILES string of the molecule is Cc1cc(Cl)ccc1CNCCOCCN(C)C. The highest BCUT2D eigenvalue weighted by Crippen LogP contribution is 2.14. The monoisotopic (exact) mass is 270 g/mol. The molecule has 0 radical (unpaired) electrons. The molecule has 0 aliphatic carbocycles. The molecule has 0 saturated carbocycles. The average molecular weight is 271 g/mol. The lowest BCUT2D eigenvalue weighted by atomic mass is 10.1. The number of hydrogen-bond acceptors (Lipinski definition) is 3. The summed E-state index contributed by atoms with van der Waals surface area (Å²) < 4.78 is 5.51. The van der Waals surface area contributed by atoms with Gasteiger partial charge in [0.05, 0.1) is 13.2 Å². The molecule has 0 unspecified atom stereocenters. The maximum atomic E-state index is 5.92. The van der Waals surface area contributed by atoms with Crippen molar-refractivity contribution in [2.24, 2.45) is 0 Å². The predicted molar refractivity (Wildman–Crippen MR) is 77.3 cm³/mol. The highest BCUT2D eigenvalue weighted by atomic mass is 35.5. The molecular formula is C14H23ClN2O. The van der Waals surface area contributed by atoms with E-state index >= 15 is 0 Å². The fraction of sp³-hybridized carbons (Fsp3) is 0.571. The van der Waals surface area contributed by atoms with Crippen molar-refractivity contribution in [3.8, 4) is 0 Å². The number of likely N-dealkylation sites (N-methyl/N-ethyl adjacent to an activating group) is 1. The molecule has 0 aromatic heterocycles. The fourth-order valence-electron chi connectivity index (χ4n) is 1.57. The molecule has 1 aromatic carbocycles.